The number of carbonyl (C=O) groups excluding carboxylic acids is 2. The number of primary amides is 1. The van der Waals surface area contributed by atoms with Gasteiger partial charge in [0, 0.05) is 25.3 Å². The maximum Gasteiger partial charge on any atom is 0.251 e. The number of benzene rings is 2. The van der Waals surface area contributed by atoms with Gasteiger partial charge in [-0.15, -0.1) is 0 Å². The number of rotatable bonds is 6. The quantitative estimate of drug-likeness (QED) is 0.797. The number of nitrogens with zero attached hydrogens (tertiary/aromatic N) is 1. The van der Waals surface area contributed by atoms with Crippen molar-refractivity contribution >= 4 is 11.8 Å². The van der Waals surface area contributed by atoms with E-state index in [0.29, 0.717) is 32.5 Å². The number of likely N-dealkylation sites (tertiary alicyclic amines) is 1. The molecule has 158 valence electrons. The number of hydrogen-bond donors (Lipinski definition) is 1. The first-order valence-electron chi connectivity index (χ1n) is 10.4. The summed E-state index contributed by atoms with van der Waals surface area (Å²) in [6.45, 7) is 1.53. The summed E-state index contributed by atoms with van der Waals surface area (Å²) < 4.78 is 11.0. The molecule has 2 amide bonds. The molecule has 2 N–H and O–H groups in total. The highest BCUT2D eigenvalue weighted by molar-refractivity contribution is 5.86. The van der Waals surface area contributed by atoms with Crippen molar-refractivity contribution in [1.29, 1.82) is 0 Å². The molecule has 30 heavy (non-hydrogen) atoms. The molecule has 0 spiro atoms. The van der Waals surface area contributed by atoms with E-state index < -0.39 is 5.41 Å². The summed E-state index contributed by atoms with van der Waals surface area (Å²) in [5, 5.41) is 0. The zero-order valence-corrected chi connectivity index (χ0v) is 17.3. The van der Waals surface area contributed by atoms with Gasteiger partial charge in [0.1, 0.15) is 11.9 Å². The van der Waals surface area contributed by atoms with Crippen molar-refractivity contribution in [3.63, 3.8) is 0 Å². The highest BCUT2D eigenvalue weighted by atomic mass is 16.5. The van der Waals surface area contributed by atoms with Gasteiger partial charge in [-0.05, 0) is 42.9 Å². The smallest absolute Gasteiger partial charge is 0.251 e. The van der Waals surface area contributed by atoms with Crippen molar-refractivity contribution in [3.05, 3.63) is 54.1 Å². The van der Waals surface area contributed by atoms with E-state index in [1.165, 1.54) is 0 Å². The van der Waals surface area contributed by atoms with Gasteiger partial charge in [0.2, 0.25) is 5.91 Å². The highest BCUT2D eigenvalue weighted by Gasteiger charge is 2.46. The fourth-order valence-corrected chi connectivity index (χ4v) is 4.55. The molecule has 2 fully saturated rings. The summed E-state index contributed by atoms with van der Waals surface area (Å²) in [7, 11) is 1.66. The minimum atomic E-state index is -0.736. The van der Waals surface area contributed by atoms with Crippen molar-refractivity contribution in [2.75, 3.05) is 26.8 Å². The molecular formula is C24H28N2O4. The van der Waals surface area contributed by atoms with Crippen LogP contribution in [0.3, 0.4) is 0 Å². The summed E-state index contributed by atoms with van der Waals surface area (Å²) in [4.78, 5) is 26.9. The summed E-state index contributed by atoms with van der Waals surface area (Å²) >= 11 is 0. The van der Waals surface area contributed by atoms with E-state index in [1.54, 1.807) is 12.0 Å². The van der Waals surface area contributed by atoms with Crippen LogP contribution in [0.4, 0.5) is 0 Å². The second-order valence-corrected chi connectivity index (χ2v) is 8.23. The molecule has 4 rings (SSSR count). The molecule has 0 aromatic heterocycles. The van der Waals surface area contributed by atoms with Crippen molar-refractivity contribution in [2.45, 2.75) is 31.8 Å². The van der Waals surface area contributed by atoms with Crippen molar-refractivity contribution in [1.82, 2.24) is 4.90 Å². The van der Waals surface area contributed by atoms with Crippen LogP contribution in [0.5, 0.6) is 5.75 Å². The van der Waals surface area contributed by atoms with Crippen molar-refractivity contribution in [3.8, 4) is 16.9 Å². The Hall–Kier alpha value is -2.86. The average Bonchev–Trinajstić information content (AvgIpc) is 3.45. The molecule has 0 bridgehead atoms. The van der Waals surface area contributed by atoms with Gasteiger partial charge < -0.3 is 20.1 Å². The van der Waals surface area contributed by atoms with Gasteiger partial charge in [0.25, 0.3) is 5.91 Å². The van der Waals surface area contributed by atoms with Gasteiger partial charge in [0.15, 0.2) is 0 Å². The van der Waals surface area contributed by atoms with Crippen molar-refractivity contribution in [2.24, 2.45) is 11.1 Å². The topological polar surface area (TPSA) is 81.9 Å². The molecule has 2 unspecified atom stereocenters. The van der Waals surface area contributed by atoms with E-state index in [-0.39, 0.29) is 17.9 Å². The minimum absolute atomic E-state index is 0.0119. The van der Waals surface area contributed by atoms with Gasteiger partial charge in [-0.2, -0.15) is 0 Å². The van der Waals surface area contributed by atoms with E-state index in [1.807, 2.05) is 48.5 Å². The molecule has 2 aliphatic heterocycles. The molecular weight excluding hydrogens is 380 g/mol. The van der Waals surface area contributed by atoms with Gasteiger partial charge in [-0.25, -0.2) is 0 Å². The molecule has 6 heteroatoms. The van der Waals surface area contributed by atoms with Crippen molar-refractivity contribution < 1.29 is 19.1 Å². The van der Waals surface area contributed by atoms with E-state index in [4.69, 9.17) is 15.2 Å². The molecule has 2 heterocycles. The largest absolute Gasteiger partial charge is 0.496 e. The summed E-state index contributed by atoms with van der Waals surface area (Å²) in [5.74, 6) is 0.457. The summed E-state index contributed by atoms with van der Waals surface area (Å²) in [5.41, 5.74) is 8.19. The fraction of sp³-hybridized carbons (Fsp3) is 0.417. The number of nitrogens with two attached hydrogens (primary N) is 1. The molecule has 2 atom stereocenters. The molecule has 0 saturated carbocycles. The van der Waals surface area contributed by atoms with Crippen LogP contribution in [-0.2, 0) is 20.7 Å². The average molecular weight is 408 g/mol. The van der Waals surface area contributed by atoms with Crippen LogP contribution in [0.15, 0.2) is 48.5 Å². The fourth-order valence-electron chi connectivity index (χ4n) is 4.55. The van der Waals surface area contributed by atoms with E-state index >= 15 is 0 Å². The maximum absolute atomic E-state index is 12.7. The zero-order chi connectivity index (χ0) is 21.1. The zero-order valence-electron chi connectivity index (χ0n) is 17.3. The number of carbonyl (C=O) groups is 2. The Bertz CT molecular complexity index is 921. The van der Waals surface area contributed by atoms with Crippen LogP contribution in [0.1, 0.15) is 24.8 Å². The summed E-state index contributed by atoms with van der Waals surface area (Å²) in [6.07, 6.45) is 2.39. The molecule has 2 aromatic carbocycles. The first-order valence-corrected chi connectivity index (χ1v) is 10.4. The lowest BCUT2D eigenvalue weighted by atomic mass is 9.80. The predicted molar refractivity (Wildman–Crippen MR) is 114 cm³/mol. The van der Waals surface area contributed by atoms with Crippen LogP contribution in [0, 0.1) is 5.41 Å². The SMILES string of the molecule is COc1ccccc1-c1ccc(CC2(C(N)=O)CCN(C(=O)C3CCCO3)C2)cc1. The first kappa shape index (κ1) is 20.4. The van der Waals surface area contributed by atoms with Crippen LogP contribution in [0.2, 0.25) is 0 Å². The number of amides is 2. The third-order valence-electron chi connectivity index (χ3n) is 6.31. The van der Waals surface area contributed by atoms with Crippen LogP contribution >= 0.6 is 0 Å². The molecule has 0 aliphatic carbocycles. The van der Waals surface area contributed by atoms with Crippen LogP contribution in [-0.4, -0.2) is 49.6 Å². The first-order chi connectivity index (χ1) is 14.5. The molecule has 0 radical (unpaired) electrons. The Morgan fingerprint density at radius 1 is 1.20 bits per heavy atom. The third-order valence-corrected chi connectivity index (χ3v) is 6.31. The normalized spacial score (nSPS) is 23.5. The monoisotopic (exact) mass is 408 g/mol. The lowest BCUT2D eigenvalue weighted by molar-refractivity contribution is -0.140. The lowest BCUT2D eigenvalue weighted by Gasteiger charge is -2.27. The van der Waals surface area contributed by atoms with E-state index in [9.17, 15) is 9.59 Å². The lowest BCUT2D eigenvalue weighted by Crippen LogP contribution is -2.44. The van der Waals surface area contributed by atoms with Crippen LogP contribution in [0.25, 0.3) is 11.1 Å². The van der Waals surface area contributed by atoms with Gasteiger partial charge >= 0.3 is 0 Å². The summed E-state index contributed by atoms with van der Waals surface area (Å²) in [6, 6.07) is 16.0. The Morgan fingerprint density at radius 2 is 1.97 bits per heavy atom. The van der Waals surface area contributed by atoms with E-state index in [2.05, 4.69) is 0 Å². The second kappa shape index (κ2) is 8.48. The molecule has 2 saturated heterocycles. The van der Waals surface area contributed by atoms with Gasteiger partial charge in [0.05, 0.1) is 12.5 Å². The number of para-hydroxylation sites is 1. The van der Waals surface area contributed by atoms with E-state index in [0.717, 1.165) is 35.3 Å². The maximum atomic E-state index is 12.7. The highest BCUT2D eigenvalue weighted by Crippen LogP contribution is 2.36. The molecule has 2 aromatic rings. The number of methoxy groups -OCH3 is 1. The Balaban J connectivity index is 1.50. The predicted octanol–water partition coefficient (Wildman–Crippen LogP) is 2.79. The Morgan fingerprint density at radius 3 is 2.63 bits per heavy atom. The molecule has 6 nitrogen and oxygen atoms in total. The number of hydrogen-bond acceptors (Lipinski definition) is 4. The third kappa shape index (κ3) is 3.92. The Kier molecular flexibility index (Phi) is 5.77. The van der Waals surface area contributed by atoms with Gasteiger partial charge in [-0.1, -0.05) is 42.5 Å². The minimum Gasteiger partial charge on any atom is -0.496 e. The standard InChI is InChI=1S/C24H28N2O4/c1-29-20-6-3-2-5-19(20)18-10-8-17(9-11-18)15-24(23(25)28)12-13-26(16-24)22(27)21-7-4-14-30-21/h2-3,5-6,8-11,21H,4,7,12-16H2,1H3,(H2,25,28). The molecule has 2 aliphatic rings. The second-order valence-electron chi connectivity index (χ2n) is 8.23. The van der Waals surface area contributed by atoms with Crippen LogP contribution < -0.4 is 10.5 Å². The van der Waals surface area contributed by atoms with Gasteiger partial charge in [-0.3, -0.25) is 9.59 Å². The number of ether oxygens (including phenoxy) is 2. The Labute approximate surface area is 177 Å².